The molecule has 2 aromatic rings. The summed E-state index contributed by atoms with van der Waals surface area (Å²) in [5, 5.41) is 2.99. The molecule has 19 heavy (non-hydrogen) atoms. The molecule has 0 bridgehead atoms. The number of hydrogen-bond acceptors (Lipinski definition) is 5. The number of thiophene rings is 1. The van der Waals surface area contributed by atoms with Crippen molar-refractivity contribution in [2.45, 2.75) is 26.9 Å². The first-order chi connectivity index (χ1) is 9.02. The molecule has 0 fully saturated rings. The number of nitrogens with one attached hydrogen (secondary N) is 2. The average molecular weight is 280 g/mol. The van der Waals surface area contributed by atoms with Crippen molar-refractivity contribution >= 4 is 22.8 Å². The maximum absolute atomic E-state index is 11.7. The predicted molar refractivity (Wildman–Crippen MR) is 77.8 cm³/mol. The Kier molecular flexibility index (Phi) is 3.75. The summed E-state index contributed by atoms with van der Waals surface area (Å²) in [6.45, 7) is 4.73. The van der Waals surface area contributed by atoms with Crippen LogP contribution in [-0.2, 0) is 13.1 Å². The van der Waals surface area contributed by atoms with Crippen LogP contribution in [0.4, 0.5) is 11.5 Å². The zero-order chi connectivity index (χ0) is 14.0. The maximum atomic E-state index is 11.7. The van der Waals surface area contributed by atoms with E-state index in [2.05, 4.69) is 10.3 Å². The van der Waals surface area contributed by atoms with Crippen LogP contribution in [0.2, 0.25) is 0 Å². The molecule has 0 saturated carbocycles. The molecule has 0 saturated heterocycles. The quantitative estimate of drug-likeness (QED) is 0.782. The summed E-state index contributed by atoms with van der Waals surface area (Å²) in [5.74, 6) is 0.171. The molecule has 0 radical (unpaired) electrons. The van der Waals surface area contributed by atoms with Crippen molar-refractivity contribution in [3.05, 3.63) is 42.7 Å². The number of H-pyrrole nitrogens is 1. The molecule has 7 heteroatoms. The van der Waals surface area contributed by atoms with E-state index in [4.69, 9.17) is 5.73 Å². The molecule has 0 spiro atoms. The van der Waals surface area contributed by atoms with Gasteiger partial charge in [-0.15, -0.1) is 11.3 Å². The van der Waals surface area contributed by atoms with Crippen LogP contribution in [-0.4, -0.2) is 9.55 Å². The van der Waals surface area contributed by atoms with E-state index < -0.39 is 11.2 Å². The number of aromatic amines is 1. The highest BCUT2D eigenvalue weighted by molar-refractivity contribution is 7.11. The summed E-state index contributed by atoms with van der Waals surface area (Å²) in [7, 11) is 0. The van der Waals surface area contributed by atoms with Gasteiger partial charge in [0.1, 0.15) is 11.5 Å². The highest BCUT2D eigenvalue weighted by atomic mass is 32.1. The van der Waals surface area contributed by atoms with Gasteiger partial charge in [-0.05, 0) is 26.0 Å². The Morgan fingerprint density at radius 3 is 2.74 bits per heavy atom. The van der Waals surface area contributed by atoms with Gasteiger partial charge >= 0.3 is 5.69 Å². The second-order valence-electron chi connectivity index (χ2n) is 4.13. The second-order valence-corrected chi connectivity index (χ2v) is 5.50. The normalized spacial score (nSPS) is 10.6. The van der Waals surface area contributed by atoms with Gasteiger partial charge in [-0.1, -0.05) is 0 Å². The first-order valence-electron chi connectivity index (χ1n) is 5.94. The number of anilines is 2. The average Bonchev–Trinajstić information content (AvgIpc) is 2.75. The lowest BCUT2D eigenvalue weighted by Crippen LogP contribution is -2.33. The van der Waals surface area contributed by atoms with Crippen LogP contribution in [0.15, 0.2) is 21.7 Å². The van der Waals surface area contributed by atoms with Gasteiger partial charge < -0.3 is 11.1 Å². The van der Waals surface area contributed by atoms with Gasteiger partial charge in [0.05, 0.1) is 0 Å². The van der Waals surface area contributed by atoms with E-state index in [1.807, 2.05) is 19.1 Å². The molecule has 0 aliphatic heterocycles. The fourth-order valence-electron chi connectivity index (χ4n) is 1.83. The first kappa shape index (κ1) is 13.4. The van der Waals surface area contributed by atoms with Crippen LogP contribution >= 0.6 is 11.3 Å². The molecule has 2 rings (SSSR count). The van der Waals surface area contributed by atoms with Crippen LogP contribution < -0.4 is 22.3 Å². The molecule has 0 aromatic carbocycles. The Morgan fingerprint density at radius 2 is 2.16 bits per heavy atom. The van der Waals surface area contributed by atoms with Crippen LogP contribution in [0.3, 0.4) is 0 Å². The Morgan fingerprint density at radius 1 is 1.42 bits per heavy atom. The van der Waals surface area contributed by atoms with E-state index in [1.54, 1.807) is 18.3 Å². The molecular weight excluding hydrogens is 264 g/mol. The topological polar surface area (TPSA) is 92.9 Å². The highest BCUT2D eigenvalue weighted by Gasteiger charge is 2.11. The summed E-state index contributed by atoms with van der Waals surface area (Å²) in [6.07, 6.45) is 0. The molecule has 4 N–H and O–H groups in total. The molecule has 2 aromatic heterocycles. The van der Waals surface area contributed by atoms with Gasteiger partial charge in [-0.3, -0.25) is 14.3 Å². The molecular formula is C12H16N4O2S. The molecule has 6 nitrogen and oxygen atoms in total. The third-order valence-corrected chi connectivity index (χ3v) is 3.79. The van der Waals surface area contributed by atoms with Crippen molar-refractivity contribution in [3.8, 4) is 0 Å². The zero-order valence-corrected chi connectivity index (χ0v) is 11.6. The summed E-state index contributed by atoms with van der Waals surface area (Å²) >= 11 is 1.65. The van der Waals surface area contributed by atoms with Crippen LogP contribution in [0.1, 0.15) is 16.7 Å². The van der Waals surface area contributed by atoms with E-state index in [0.29, 0.717) is 13.1 Å². The molecule has 102 valence electrons. The maximum Gasteiger partial charge on any atom is 0.330 e. The minimum Gasteiger partial charge on any atom is -0.383 e. The van der Waals surface area contributed by atoms with Gasteiger partial charge in [0.25, 0.3) is 5.56 Å². The Hall–Kier alpha value is -2.02. The van der Waals surface area contributed by atoms with Crippen LogP contribution in [0.5, 0.6) is 0 Å². The molecule has 0 atom stereocenters. The van der Waals surface area contributed by atoms with Gasteiger partial charge in [-0.2, -0.15) is 0 Å². The van der Waals surface area contributed by atoms with Crippen molar-refractivity contribution in [1.82, 2.24) is 9.55 Å². The van der Waals surface area contributed by atoms with Gasteiger partial charge in [0, 0.05) is 22.8 Å². The van der Waals surface area contributed by atoms with Crippen molar-refractivity contribution in [1.29, 1.82) is 0 Å². The SMILES string of the molecule is CCn1c(N)c(NCc2ccc(C)s2)c(=O)[nH]c1=O. The zero-order valence-electron chi connectivity index (χ0n) is 10.8. The fourth-order valence-corrected chi connectivity index (χ4v) is 2.66. The van der Waals surface area contributed by atoms with Crippen molar-refractivity contribution in [3.63, 3.8) is 0 Å². The standard InChI is InChI=1S/C12H16N4O2S/c1-3-16-10(13)9(11(17)15-12(16)18)14-6-8-5-4-7(2)19-8/h4-5,14H,3,6,13H2,1-2H3,(H,15,17,18). The number of aryl methyl sites for hydroxylation is 1. The van der Waals surface area contributed by atoms with E-state index >= 15 is 0 Å². The van der Waals surface area contributed by atoms with Crippen LogP contribution in [0, 0.1) is 6.92 Å². The minimum atomic E-state index is -0.486. The molecule has 0 amide bonds. The first-order valence-corrected chi connectivity index (χ1v) is 6.76. The number of nitrogens with zero attached hydrogens (tertiary/aromatic N) is 1. The number of nitrogen functional groups attached to an aromatic ring is 1. The monoisotopic (exact) mass is 280 g/mol. The van der Waals surface area contributed by atoms with Crippen molar-refractivity contribution < 1.29 is 0 Å². The number of nitrogens with two attached hydrogens (primary N) is 1. The minimum absolute atomic E-state index is 0.171. The highest BCUT2D eigenvalue weighted by Crippen LogP contribution is 2.17. The number of hydrogen-bond donors (Lipinski definition) is 3. The molecule has 0 aliphatic rings. The van der Waals surface area contributed by atoms with Gasteiger partial charge in [0.15, 0.2) is 0 Å². The third-order valence-electron chi connectivity index (χ3n) is 2.79. The number of aromatic nitrogens is 2. The van der Waals surface area contributed by atoms with Crippen molar-refractivity contribution in [2.75, 3.05) is 11.1 Å². The summed E-state index contributed by atoms with van der Waals surface area (Å²) in [4.78, 5) is 27.8. The fraction of sp³-hybridized carbons (Fsp3) is 0.333. The lowest BCUT2D eigenvalue weighted by atomic mass is 10.4. The lowest BCUT2D eigenvalue weighted by Gasteiger charge is -2.11. The molecule has 0 unspecified atom stereocenters. The van der Waals surface area contributed by atoms with E-state index in [0.717, 1.165) is 4.88 Å². The largest absolute Gasteiger partial charge is 0.383 e. The lowest BCUT2D eigenvalue weighted by molar-refractivity contribution is 0.706. The summed E-state index contributed by atoms with van der Waals surface area (Å²) < 4.78 is 1.32. The summed E-state index contributed by atoms with van der Waals surface area (Å²) in [5.41, 5.74) is 5.12. The molecule has 2 heterocycles. The van der Waals surface area contributed by atoms with Gasteiger partial charge in [-0.25, -0.2) is 4.79 Å². The Labute approximate surface area is 113 Å². The predicted octanol–water partition coefficient (Wildman–Crippen LogP) is 1.12. The number of rotatable bonds is 4. The summed E-state index contributed by atoms with van der Waals surface area (Å²) in [6, 6.07) is 4.01. The van der Waals surface area contributed by atoms with Crippen LogP contribution in [0.25, 0.3) is 0 Å². The Balaban J connectivity index is 2.30. The van der Waals surface area contributed by atoms with Crippen molar-refractivity contribution in [2.24, 2.45) is 0 Å². The Bertz CT molecular complexity index is 698. The third kappa shape index (κ3) is 2.70. The smallest absolute Gasteiger partial charge is 0.330 e. The van der Waals surface area contributed by atoms with E-state index in [9.17, 15) is 9.59 Å². The molecule has 0 aliphatic carbocycles. The van der Waals surface area contributed by atoms with E-state index in [-0.39, 0.29) is 11.5 Å². The van der Waals surface area contributed by atoms with E-state index in [1.165, 1.54) is 9.44 Å². The van der Waals surface area contributed by atoms with Gasteiger partial charge in [0.2, 0.25) is 0 Å². The second kappa shape index (κ2) is 5.31.